The normalized spacial score (nSPS) is 32.6. The van der Waals surface area contributed by atoms with E-state index in [9.17, 15) is 14.7 Å². The smallest absolute Gasteiger partial charge is 0.173 e. The van der Waals surface area contributed by atoms with Crippen LogP contribution in [0.15, 0.2) is 66.3 Å². The summed E-state index contributed by atoms with van der Waals surface area (Å²) in [5.41, 5.74) is 0.760. The van der Waals surface area contributed by atoms with Crippen molar-refractivity contribution in [3.8, 4) is 5.75 Å². The molecule has 4 aliphatic rings. The van der Waals surface area contributed by atoms with Crippen LogP contribution in [0.2, 0.25) is 5.02 Å². The number of halogens is 1. The molecule has 0 amide bonds. The van der Waals surface area contributed by atoms with Gasteiger partial charge in [0.1, 0.15) is 11.4 Å². The molecule has 1 saturated carbocycles. The molecule has 0 spiro atoms. The van der Waals surface area contributed by atoms with Crippen LogP contribution in [0, 0.1) is 23.7 Å². The van der Waals surface area contributed by atoms with Crippen LogP contribution in [0.3, 0.4) is 0 Å². The fourth-order valence-electron chi connectivity index (χ4n) is 6.18. The van der Waals surface area contributed by atoms with Crippen molar-refractivity contribution in [2.45, 2.75) is 31.8 Å². The summed E-state index contributed by atoms with van der Waals surface area (Å²) in [7, 11) is 1.61. The summed E-state index contributed by atoms with van der Waals surface area (Å²) in [6.07, 6.45) is 3.99. The van der Waals surface area contributed by atoms with E-state index in [0.29, 0.717) is 16.3 Å². The standard InChI is InChI=1S/C28H27ClO4/c1-15(2)20-13-22-24-25(30)21(16-5-9-18(29)10-6-16)14-28(24,23(20)26(31)27(22,3)32)17-7-11-19(33-4)12-8-17/h5-15,22-24,32H,1-4H3/t22-,23-,24-,27+,28+/m0/s1. The fourth-order valence-corrected chi connectivity index (χ4v) is 6.31. The molecule has 5 atom stereocenters. The van der Waals surface area contributed by atoms with E-state index >= 15 is 0 Å². The predicted octanol–water partition coefficient (Wildman–Crippen LogP) is 5.03. The van der Waals surface area contributed by atoms with E-state index in [1.807, 2.05) is 48.6 Å². The summed E-state index contributed by atoms with van der Waals surface area (Å²) >= 11 is 6.09. The number of fused-ring (bicyclic) bond motifs is 1. The highest BCUT2D eigenvalue weighted by Gasteiger charge is 2.70. The van der Waals surface area contributed by atoms with Crippen LogP contribution in [0.5, 0.6) is 5.75 Å². The topological polar surface area (TPSA) is 63.6 Å². The van der Waals surface area contributed by atoms with Crippen LogP contribution < -0.4 is 4.74 Å². The van der Waals surface area contributed by atoms with Gasteiger partial charge in [0.15, 0.2) is 11.6 Å². The highest BCUT2D eigenvalue weighted by molar-refractivity contribution is 6.31. The summed E-state index contributed by atoms with van der Waals surface area (Å²) in [5.74, 6) is -1.25. The lowest BCUT2D eigenvalue weighted by Crippen LogP contribution is -2.66. The Labute approximate surface area is 198 Å². The maximum Gasteiger partial charge on any atom is 0.173 e. The fraction of sp³-hybridized carbons (Fsp3) is 0.357. The highest BCUT2D eigenvalue weighted by atomic mass is 35.5. The Bertz CT molecular complexity index is 1200. The van der Waals surface area contributed by atoms with E-state index in [4.69, 9.17) is 16.3 Å². The Morgan fingerprint density at radius 1 is 1.03 bits per heavy atom. The average molecular weight is 463 g/mol. The van der Waals surface area contributed by atoms with Crippen molar-refractivity contribution < 1.29 is 19.4 Å². The number of carbonyl (C=O) groups is 2. The summed E-state index contributed by atoms with van der Waals surface area (Å²) in [4.78, 5) is 27.8. The molecule has 0 saturated heterocycles. The summed E-state index contributed by atoms with van der Waals surface area (Å²) in [5, 5.41) is 11.9. The van der Waals surface area contributed by atoms with Crippen LogP contribution in [0.1, 0.15) is 31.9 Å². The molecule has 2 aromatic carbocycles. The SMILES string of the molecule is COc1ccc([C@@]23C=C(c4ccc(Cl)cc4)C(=O)[C@@H]2[C@@H]2C=C(C(C)C)[C@H]3C(=O)[C@]2(C)O)cc1. The second-order valence-electron chi connectivity index (χ2n) is 9.86. The molecule has 2 bridgehead atoms. The molecular formula is C28H27ClO4. The highest BCUT2D eigenvalue weighted by Crippen LogP contribution is 2.64. The molecule has 2 aromatic rings. The van der Waals surface area contributed by atoms with Gasteiger partial charge < -0.3 is 9.84 Å². The number of Topliss-reactive ketones (excluding diaryl/α,β-unsaturated/α-hetero) is 2. The van der Waals surface area contributed by atoms with Crippen LogP contribution in [0.4, 0.5) is 0 Å². The Hall–Kier alpha value is -2.69. The zero-order valence-corrected chi connectivity index (χ0v) is 19.9. The molecule has 4 nitrogen and oxygen atoms in total. The average Bonchev–Trinajstić information content (AvgIpc) is 3.11. The van der Waals surface area contributed by atoms with Crippen LogP contribution in [-0.2, 0) is 15.0 Å². The van der Waals surface area contributed by atoms with Gasteiger partial charge in [0, 0.05) is 27.8 Å². The van der Waals surface area contributed by atoms with E-state index in [2.05, 4.69) is 13.8 Å². The first kappa shape index (κ1) is 22.1. The molecule has 0 radical (unpaired) electrons. The number of rotatable bonds is 4. The lowest BCUT2D eigenvalue weighted by molar-refractivity contribution is -0.161. The first-order chi connectivity index (χ1) is 15.6. The summed E-state index contributed by atoms with van der Waals surface area (Å²) in [6, 6.07) is 14.8. The van der Waals surface area contributed by atoms with Crippen molar-refractivity contribution >= 4 is 28.7 Å². The molecular weight excluding hydrogens is 436 g/mol. The number of allylic oxidation sites excluding steroid dienone is 3. The van der Waals surface area contributed by atoms with Gasteiger partial charge >= 0.3 is 0 Å². The number of aliphatic hydroxyl groups is 1. The first-order valence-corrected chi connectivity index (χ1v) is 11.7. The van der Waals surface area contributed by atoms with Crippen molar-refractivity contribution in [1.29, 1.82) is 0 Å². The minimum Gasteiger partial charge on any atom is -0.497 e. The molecule has 0 aromatic heterocycles. The van der Waals surface area contributed by atoms with E-state index in [-0.39, 0.29) is 17.5 Å². The Morgan fingerprint density at radius 2 is 1.67 bits per heavy atom. The number of carbonyl (C=O) groups excluding carboxylic acids is 2. The van der Waals surface area contributed by atoms with Gasteiger partial charge in [0.25, 0.3) is 0 Å². The van der Waals surface area contributed by atoms with Gasteiger partial charge in [-0.2, -0.15) is 0 Å². The van der Waals surface area contributed by atoms with Crippen molar-refractivity contribution in [3.05, 3.63) is 82.4 Å². The van der Waals surface area contributed by atoms with Crippen molar-refractivity contribution in [1.82, 2.24) is 0 Å². The van der Waals surface area contributed by atoms with E-state index in [1.54, 1.807) is 26.2 Å². The minimum atomic E-state index is -1.59. The van der Waals surface area contributed by atoms with Gasteiger partial charge in [-0.05, 0) is 48.2 Å². The maximum atomic E-state index is 14.0. The summed E-state index contributed by atoms with van der Waals surface area (Å²) < 4.78 is 5.35. The monoisotopic (exact) mass is 462 g/mol. The van der Waals surface area contributed by atoms with Gasteiger partial charge in [-0.3, -0.25) is 9.59 Å². The van der Waals surface area contributed by atoms with Crippen molar-refractivity contribution in [2.75, 3.05) is 7.11 Å². The number of benzene rings is 2. The Balaban J connectivity index is 1.81. The first-order valence-electron chi connectivity index (χ1n) is 11.3. The Morgan fingerprint density at radius 3 is 2.24 bits per heavy atom. The second-order valence-corrected chi connectivity index (χ2v) is 10.3. The predicted molar refractivity (Wildman–Crippen MR) is 128 cm³/mol. The molecule has 0 aliphatic heterocycles. The quantitative estimate of drug-likeness (QED) is 0.647. The molecule has 5 heteroatoms. The number of methoxy groups -OCH3 is 1. The number of ether oxygens (including phenoxy) is 1. The van der Waals surface area contributed by atoms with E-state index < -0.39 is 28.8 Å². The Kier molecular flexibility index (Phi) is 4.97. The van der Waals surface area contributed by atoms with Gasteiger partial charge in [-0.15, -0.1) is 0 Å². The van der Waals surface area contributed by atoms with Crippen LogP contribution in [0.25, 0.3) is 5.57 Å². The van der Waals surface area contributed by atoms with Gasteiger partial charge in [-0.1, -0.05) is 67.4 Å². The molecule has 6 rings (SSSR count). The maximum absolute atomic E-state index is 14.0. The van der Waals surface area contributed by atoms with Crippen molar-refractivity contribution in [3.63, 3.8) is 0 Å². The van der Waals surface area contributed by atoms with Crippen molar-refractivity contribution in [2.24, 2.45) is 23.7 Å². The van der Waals surface area contributed by atoms with Gasteiger partial charge in [0.05, 0.1) is 13.0 Å². The second kappa shape index (κ2) is 7.41. The van der Waals surface area contributed by atoms with E-state index in [0.717, 1.165) is 16.7 Å². The number of hydrogen-bond acceptors (Lipinski definition) is 4. The van der Waals surface area contributed by atoms with Crippen LogP contribution in [-0.4, -0.2) is 29.4 Å². The molecule has 1 N–H and O–H groups in total. The van der Waals surface area contributed by atoms with Crippen LogP contribution >= 0.6 is 11.6 Å². The van der Waals surface area contributed by atoms with Gasteiger partial charge in [-0.25, -0.2) is 0 Å². The summed E-state index contributed by atoms with van der Waals surface area (Å²) in [6.45, 7) is 5.68. The minimum absolute atomic E-state index is 0.0463. The number of ketones is 2. The molecule has 170 valence electrons. The molecule has 4 aliphatic carbocycles. The molecule has 0 heterocycles. The lowest BCUT2D eigenvalue weighted by atomic mass is 9.44. The van der Waals surface area contributed by atoms with Gasteiger partial charge in [0.2, 0.25) is 0 Å². The lowest BCUT2D eigenvalue weighted by Gasteiger charge is -2.57. The largest absolute Gasteiger partial charge is 0.497 e. The third-order valence-electron chi connectivity index (χ3n) is 7.81. The molecule has 33 heavy (non-hydrogen) atoms. The third-order valence-corrected chi connectivity index (χ3v) is 8.06. The third kappa shape index (κ3) is 2.93. The zero-order valence-electron chi connectivity index (χ0n) is 19.1. The zero-order chi connectivity index (χ0) is 23.7. The van der Waals surface area contributed by atoms with E-state index in [1.165, 1.54) is 0 Å². The molecule has 0 unspecified atom stereocenters. The molecule has 1 fully saturated rings. The number of hydrogen-bond donors (Lipinski definition) is 1.